The molecular formula is C26H27ClN4O. The lowest BCUT2D eigenvalue weighted by molar-refractivity contribution is 0.282. The van der Waals surface area contributed by atoms with Crippen molar-refractivity contribution in [2.24, 2.45) is 0 Å². The summed E-state index contributed by atoms with van der Waals surface area (Å²) in [6.45, 7) is 4.66. The molecule has 0 radical (unpaired) electrons. The molecule has 2 aromatic carbocycles. The van der Waals surface area contributed by atoms with Gasteiger partial charge in [0.25, 0.3) is 0 Å². The highest BCUT2D eigenvalue weighted by atomic mass is 35.5. The minimum atomic E-state index is 0.0872. The van der Waals surface area contributed by atoms with Crippen LogP contribution < -0.4 is 9.80 Å². The molecule has 4 heterocycles. The van der Waals surface area contributed by atoms with Crippen molar-refractivity contribution >= 4 is 44.8 Å². The number of aliphatic hydroxyl groups is 1. The number of benzene rings is 2. The van der Waals surface area contributed by atoms with Gasteiger partial charge in [0.05, 0.1) is 41.4 Å². The Morgan fingerprint density at radius 2 is 1.22 bits per heavy atom. The molecule has 32 heavy (non-hydrogen) atoms. The Hall–Kier alpha value is -2.89. The number of alkyl halides is 1. The average molecular weight is 447 g/mol. The van der Waals surface area contributed by atoms with Gasteiger partial charge in [-0.2, -0.15) is 0 Å². The molecule has 164 valence electrons. The molecule has 2 aliphatic rings. The summed E-state index contributed by atoms with van der Waals surface area (Å²) in [7, 11) is 0. The van der Waals surface area contributed by atoms with Gasteiger partial charge in [0.2, 0.25) is 0 Å². The zero-order valence-corrected chi connectivity index (χ0v) is 18.8. The molecule has 0 saturated carbocycles. The lowest BCUT2D eigenvalue weighted by atomic mass is 10.1. The van der Waals surface area contributed by atoms with E-state index in [0.717, 1.165) is 53.7 Å². The third-order valence-electron chi connectivity index (χ3n) is 6.24. The first kappa shape index (κ1) is 21.0. The van der Waals surface area contributed by atoms with Crippen molar-refractivity contribution in [3.63, 3.8) is 0 Å². The first-order valence-electron chi connectivity index (χ1n) is 11.2. The number of hydrogen-bond donors (Lipinski definition) is 1. The summed E-state index contributed by atoms with van der Waals surface area (Å²) in [5.41, 5.74) is 6.53. The molecule has 0 atom stereocenters. The Labute approximate surface area is 193 Å². The minimum absolute atomic E-state index is 0.0872. The standard InChI is InChI=1S/C13H13ClN2.C13H14N2O/c14-8-10-2-3-13-11(6-10)7-12(9-15-13)16-4-1-5-16;16-9-10-2-3-13-11(6-10)7-12(8-14-13)15-4-1-5-15/h2-3,6-7,9H,1,4-5,8H2;2-3,6-8,16H,1,4-5,9H2. The van der Waals surface area contributed by atoms with Crippen LogP contribution in [0.1, 0.15) is 24.0 Å². The molecular weight excluding hydrogens is 420 g/mol. The van der Waals surface area contributed by atoms with Gasteiger partial charge in [-0.3, -0.25) is 9.97 Å². The second-order valence-electron chi connectivity index (χ2n) is 8.41. The maximum absolute atomic E-state index is 9.10. The zero-order chi connectivity index (χ0) is 21.9. The number of aliphatic hydroxyl groups excluding tert-OH is 1. The van der Waals surface area contributed by atoms with Crippen LogP contribution in [0.25, 0.3) is 21.8 Å². The lowest BCUT2D eigenvalue weighted by Crippen LogP contribution is -2.36. The number of pyridine rings is 2. The number of anilines is 2. The van der Waals surface area contributed by atoms with E-state index < -0.39 is 0 Å². The normalized spacial score (nSPS) is 15.2. The second kappa shape index (κ2) is 9.31. The summed E-state index contributed by atoms with van der Waals surface area (Å²) in [5.74, 6) is 0.559. The van der Waals surface area contributed by atoms with E-state index in [4.69, 9.17) is 16.7 Å². The van der Waals surface area contributed by atoms with Gasteiger partial charge in [-0.25, -0.2) is 0 Å². The van der Waals surface area contributed by atoms with Crippen molar-refractivity contribution in [2.75, 3.05) is 36.0 Å². The Morgan fingerprint density at radius 3 is 1.66 bits per heavy atom. The smallest absolute Gasteiger partial charge is 0.0703 e. The van der Waals surface area contributed by atoms with Crippen molar-refractivity contribution < 1.29 is 5.11 Å². The van der Waals surface area contributed by atoms with Crippen molar-refractivity contribution in [1.29, 1.82) is 0 Å². The average Bonchev–Trinajstić information content (AvgIpc) is 2.76. The third-order valence-corrected chi connectivity index (χ3v) is 6.55. The van der Waals surface area contributed by atoms with Gasteiger partial charge in [0.1, 0.15) is 0 Å². The summed E-state index contributed by atoms with van der Waals surface area (Å²) >= 11 is 5.84. The number of aromatic nitrogens is 2. The number of halogens is 1. The van der Waals surface area contributed by atoms with Crippen LogP contribution in [0.4, 0.5) is 11.4 Å². The number of hydrogen-bond acceptors (Lipinski definition) is 5. The van der Waals surface area contributed by atoms with Gasteiger partial charge in [0.15, 0.2) is 0 Å². The molecule has 0 spiro atoms. The van der Waals surface area contributed by atoms with E-state index in [1.165, 1.54) is 29.6 Å². The Kier molecular flexibility index (Phi) is 6.10. The van der Waals surface area contributed by atoms with Crippen LogP contribution in [0, 0.1) is 0 Å². The number of rotatable bonds is 4. The van der Waals surface area contributed by atoms with Crippen LogP contribution in [0.2, 0.25) is 0 Å². The van der Waals surface area contributed by atoms with E-state index in [0.29, 0.717) is 5.88 Å². The number of nitrogens with zero attached hydrogens (tertiary/aromatic N) is 4. The van der Waals surface area contributed by atoms with Crippen LogP contribution in [0.5, 0.6) is 0 Å². The van der Waals surface area contributed by atoms with Crippen LogP contribution >= 0.6 is 11.6 Å². The number of fused-ring (bicyclic) bond motifs is 2. The molecule has 1 N–H and O–H groups in total. The maximum atomic E-state index is 9.10. The molecule has 2 fully saturated rings. The van der Waals surface area contributed by atoms with Crippen molar-refractivity contribution in [2.45, 2.75) is 25.3 Å². The van der Waals surface area contributed by atoms with E-state index in [9.17, 15) is 0 Å². The van der Waals surface area contributed by atoms with Gasteiger partial charge < -0.3 is 14.9 Å². The van der Waals surface area contributed by atoms with Crippen LogP contribution in [-0.4, -0.2) is 41.3 Å². The topological polar surface area (TPSA) is 52.5 Å². The molecule has 2 saturated heterocycles. The summed E-state index contributed by atoms with van der Waals surface area (Å²) in [5, 5.41) is 11.4. The summed E-state index contributed by atoms with van der Waals surface area (Å²) in [6, 6.07) is 16.4. The summed E-state index contributed by atoms with van der Waals surface area (Å²) < 4.78 is 0. The molecule has 0 unspecified atom stereocenters. The SMILES string of the molecule is ClCc1ccc2ncc(N3CCC3)cc2c1.OCc1ccc2ncc(N3CCC3)cc2c1. The first-order valence-corrected chi connectivity index (χ1v) is 11.7. The Balaban J connectivity index is 0.000000135. The van der Waals surface area contributed by atoms with Gasteiger partial charge in [-0.15, -0.1) is 11.6 Å². The van der Waals surface area contributed by atoms with E-state index >= 15 is 0 Å². The van der Waals surface area contributed by atoms with Gasteiger partial charge in [-0.1, -0.05) is 12.1 Å². The Morgan fingerprint density at radius 1 is 0.719 bits per heavy atom. The molecule has 2 aliphatic heterocycles. The van der Waals surface area contributed by atoms with E-state index in [-0.39, 0.29) is 6.61 Å². The molecule has 0 aliphatic carbocycles. The van der Waals surface area contributed by atoms with Crippen molar-refractivity contribution in [3.05, 3.63) is 72.1 Å². The molecule has 0 bridgehead atoms. The summed E-state index contributed by atoms with van der Waals surface area (Å²) in [6.07, 6.45) is 6.45. The molecule has 5 nitrogen and oxygen atoms in total. The fourth-order valence-electron chi connectivity index (χ4n) is 4.02. The maximum Gasteiger partial charge on any atom is 0.0703 e. The second-order valence-corrected chi connectivity index (χ2v) is 8.68. The van der Waals surface area contributed by atoms with Crippen LogP contribution in [0.3, 0.4) is 0 Å². The fraction of sp³-hybridized carbons (Fsp3) is 0.308. The van der Waals surface area contributed by atoms with E-state index in [2.05, 4.69) is 38.0 Å². The predicted octanol–water partition coefficient (Wildman–Crippen LogP) is 5.12. The fourth-order valence-corrected chi connectivity index (χ4v) is 4.18. The van der Waals surface area contributed by atoms with Gasteiger partial charge >= 0.3 is 0 Å². The molecule has 6 heteroatoms. The van der Waals surface area contributed by atoms with Gasteiger partial charge in [0, 0.05) is 42.8 Å². The highest BCUT2D eigenvalue weighted by Gasteiger charge is 2.15. The van der Waals surface area contributed by atoms with Crippen LogP contribution in [-0.2, 0) is 12.5 Å². The predicted molar refractivity (Wildman–Crippen MR) is 133 cm³/mol. The largest absolute Gasteiger partial charge is 0.392 e. The van der Waals surface area contributed by atoms with Crippen molar-refractivity contribution in [3.8, 4) is 0 Å². The van der Waals surface area contributed by atoms with E-state index in [1.54, 1.807) is 0 Å². The minimum Gasteiger partial charge on any atom is -0.392 e. The lowest BCUT2D eigenvalue weighted by Gasteiger charge is -2.32. The summed E-state index contributed by atoms with van der Waals surface area (Å²) in [4.78, 5) is 13.6. The van der Waals surface area contributed by atoms with Crippen LogP contribution in [0.15, 0.2) is 60.9 Å². The quantitative estimate of drug-likeness (QED) is 0.441. The molecule has 0 amide bonds. The van der Waals surface area contributed by atoms with E-state index in [1.807, 2.05) is 42.7 Å². The Bertz CT molecular complexity index is 1140. The highest BCUT2D eigenvalue weighted by molar-refractivity contribution is 6.17. The zero-order valence-electron chi connectivity index (χ0n) is 18.0. The monoisotopic (exact) mass is 446 g/mol. The van der Waals surface area contributed by atoms with Crippen molar-refractivity contribution in [1.82, 2.24) is 9.97 Å². The third kappa shape index (κ3) is 4.36. The molecule has 2 aromatic heterocycles. The highest BCUT2D eigenvalue weighted by Crippen LogP contribution is 2.25. The molecule has 4 aromatic rings. The molecule has 6 rings (SSSR count). The van der Waals surface area contributed by atoms with Gasteiger partial charge in [-0.05, 0) is 60.4 Å². The first-order chi connectivity index (χ1) is 15.7.